The van der Waals surface area contributed by atoms with Crippen LogP contribution in [0.4, 0.5) is 0 Å². The van der Waals surface area contributed by atoms with Crippen LogP contribution in [0.5, 0.6) is 5.75 Å². The molecule has 1 N–H and O–H groups in total. The van der Waals surface area contributed by atoms with Crippen molar-refractivity contribution in [3.63, 3.8) is 0 Å². The molecule has 1 atom stereocenters. The molecule has 3 heteroatoms. The van der Waals surface area contributed by atoms with E-state index in [1.165, 1.54) is 5.56 Å². The largest absolute Gasteiger partial charge is 0.494 e. The van der Waals surface area contributed by atoms with Crippen molar-refractivity contribution in [3.8, 4) is 5.75 Å². The van der Waals surface area contributed by atoms with E-state index in [2.05, 4.69) is 31.3 Å². The molecule has 19 heavy (non-hydrogen) atoms. The van der Waals surface area contributed by atoms with Crippen LogP contribution in [0.25, 0.3) is 0 Å². The van der Waals surface area contributed by atoms with Gasteiger partial charge in [0.05, 0.1) is 19.3 Å². The van der Waals surface area contributed by atoms with Crippen molar-refractivity contribution in [1.29, 1.82) is 0 Å². The topological polar surface area (TPSA) is 30.5 Å². The van der Waals surface area contributed by atoms with Gasteiger partial charge in [0.2, 0.25) is 0 Å². The summed E-state index contributed by atoms with van der Waals surface area (Å²) in [4.78, 5) is 0. The Morgan fingerprint density at radius 2 is 1.89 bits per heavy atom. The Morgan fingerprint density at radius 3 is 2.47 bits per heavy atom. The Bertz CT molecular complexity index is 377. The molecule has 0 aliphatic carbocycles. The summed E-state index contributed by atoms with van der Waals surface area (Å²) in [5.41, 5.74) is 2.39. The Morgan fingerprint density at radius 1 is 1.16 bits per heavy atom. The number of rotatable bonds is 8. The third kappa shape index (κ3) is 5.21. The van der Waals surface area contributed by atoms with Gasteiger partial charge in [-0.2, -0.15) is 0 Å². The van der Waals surface area contributed by atoms with E-state index < -0.39 is 0 Å². The highest BCUT2D eigenvalue weighted by Crippen LogP contribution is 2.24. The molecule has 1 aromatic carbocycles. The van der Waals surface area contributed by atoms with E-state index >= 15 is 0 Å². The minimum atomic E-state index is 0.226. The molecule has 108 valence electrons. The smallest absolute Gasteiger partial charge is 0.124 e. The Kier molecular flexibility index (Phi) is 6.89. The molecule has 0 fully saturated rings. The molecule has 0 aromatic heterocycles. The molecule has 0 aliphatic heterocycles. The van der Waals surface area contributed by atoms with Crippen LogP contribution >= 0.6 is 0 Å². The molecule has 0 spiro atoms. The van der Waals surface area contributed by atoms with Gasteiger partial charge in [-0.3, -0.25) is 0 Å². The molecule has 0 radical (unpaired) electrons. The highest BCUT2D eigenvalue weighted by atomic mass is 16.5. The van der Waals surface area contributed by atoms with Gasteiger partial charge in [-0.15, -0.1) is 0 Å². The maximum absolute atomic E-state index is 5.71. The maximum atomic E-state index is 5.71. The van der Waals surface area contributed by atoms with Gasteiger partial charge < -0.3 is 14.8 Å². The molecule has 1 aromatic rings. The van der Waals surface area contributed by atoms with Crippen molar-refractivity contribution < 1.29 is 9.47 Å². The fourth-order valence-corrected chi connectivity index (χ4v) is 1.96. The lowest BCUT2D eigenvalue weighted by atomic mass is 10.0. The first-order valence-corrected chi connectivity index (χ1v) is 7.19. The van der Waals surface area contributed by atoms with Gasteiger partial charge in [0, 0.05) is 11.6 Å². The predicted octanol–water partition coefficient (Wildman–Crippen LogP) is 3.68. The molecule has 3 nitrogen and oxygen atoms in total. The SMILES string of the molecule is CCNC(C)c1ccc(OCC)c(COC(C)C)c1. The van der Waals surface area contributed by atoms with Crippen molar-refractivity contribution in [2.75, 3.05) is 13.2 Å². The summed E-state index contributed by atoms with van der Waals surface area (Å²) in [5, 5.41) is 3.42. The molecule has 0 saturated carbocycles. The molecule has 0 saturated heterocycles. The monoisotopic (exact) mass is 265 g/mol. The van der Waals surface area contributed by atoms with Crippen LogP contribution in [0.3, 0.4) is 0 Å². The second-order valence-electron chi connectivity index (χ2n) is 4.94. The number of nitrogens with one attached hydrogen (secondary N) is 1. The zero-order valence-corrected chi connectivity index (χ0v) is 12.8. The lowest BCUT2D eigenvalue weighted by Gasteiger charge is -2.17. The van der Waals surface area contributed by atoms with E-state index in [1.807, 2.05) is 26.8 Å². The quantitative estimate of drug-likeness (QED) is 0.777. The number of benzene rings is 1. The Labute approximate surface area is 117 Å². The van der Waals surface area contributed by atoms with Crippen LogP contribution in [0.2, 0.25) is 0 Å². The van der Waals surface area contributed by atoms with Gasteiger partial charge in [-0.05, 0) is 51.9 Å². The minimum Gasteiger partial charge on any atom is -0.494 e. The molecule has 1 unspecified atom stereocenters. The minimum absolute atomic E-state index is 0.226. The summed E-state index contributed by atoms with van der Waals surface area (Å²) in [6.07, 6.45) is 0.226. The third-order valence-corrected chi connectivity index (χ3v) is 2.97. The van der Waals surface area contributed by atoms with Gasteiger partial charge in [-0.1, -0.05) is 13.0 Å². The van der Waals surface area contributed by atoms with E-state index in [0.29, 0.717) is 19.3 Å². The maximum Gasteiger partial charge on any atom is 0.124 e. The molecular formula is C16H27NO2. The molecule has 1 rings (SSSR count). The Balaban J connectivity index is 2.89. The van der Waals surface area contributed by atoms with Gasteiger partial charge in [0.1, 0.15) is 5.75 Å². The van der Waals surface area contributed by atoms with Crippen LogP contribution in [0, 0.1) is 0 Å². The van der Waals surface area contributed by atoms with Gasteiger partial charge in [0.15, 0.2) is 0 Å². The second-order valence-corrected chi connectivity index (χ2v) is 4.94. The van der Waals surface area contributed by atoms with Crippen LogP contribution in [0.1, 0.15) is 51.8 Å². The highest BCUT2D eigenvalue weighted by Gasteiger charge is 2.10. The summed E-state index contributed by atoms with van der Waals surface area (Å²) >= 11 is 0. The molecule has 0 bridgehead atoms. The standard InChI is InChI=1S/C16H27NO2/c1-6-17-13(5)14-8-9-16(18-7-2)15(10-14)11-19-12(3)4/h8-10,12-13,17H,6-7,11H2,1-5H3. The van der Waals surface area contributed by atoms with Gasteiger partial charge >= 0.3 is 0 Å². The normalized spacial score (nSPS) is 12.7. The number of hydrogen-bond donors (Lipinski definition) is 1. The molecule has 0 heterocycles. The van der Waals surface area contributed by atoms with Crippen molar-refractivity contribution in [2.45, 2.75) is 53.4 Å². The average molecular weight is 265 g/mol. The average Bonchev–Trinajstić information content (AvgIpc) is 2.38. The van der Waals surface area contributed by atoms with Gasteiger partial charge in [0.25, 0.3) is 0 Å². The summed E-state index contributed by atoms with van der Waals surface area (Å²) in [7, 11) is 0. The predicted molar refractivity (Wildman–Crippen MR) is 79.6 cm³/mol. The fraction of sp³-hybridized carbons (Fsp3) is 0.625. The first kappa shape index (κ1) is 16.0. The first-order chi connectivity index (χ1) is 9.08. The van der Waals surface area contributed by atoms with Crippen LogP contribution < -0.4 is 10.1 Å². The fourth-order valence-electron chi connectivity index (χ4n) is 1.96. The summed E-state index contributed by atoms with van der Waals surface area (Å²) in [6, 6.07) is 6.70. The van der Waals surface area contributed by atoms with Crippen molar-refractivity contribution >= 4 is 0 Å². The Hall–Kier alpha value is -1.06. The van der Waals surface area contributed by atoms with E-state index in [-0.39, 0.29) is 6.10 Å². The zero-order valence-electron chi connectivity index (χ0n) is 12.8. The number of hydrogen-bond acceptors (Lipinski definition) is 3. The highest BCUT2D eigenvalue weighted by molar-refractivity contribution is 5.38. The lowest BCUT2D eigenvalue weighted by Crippen LogP contribution is -2.18. The van der Waals surface area contributed by atoms with Crippen molar-refractivity contribution in [2.24, 2.45) is 0 Å². The lowest BCUT2D eigenvalue weighted by molar-refractivity contribution is 0.0641. The van der Waals surface area contributed by atoms with E-state index in [1.54, 1.807) is 0 Å². The summed E-state index contributed by atoms with van der Waals surface area (Å²) in [5.74, 6) is 0.926. The molecular weight excluding hydrogens is 238 g/mol. The van der Waals surface area contributed by atoms with E-state index in [4.69, 9.17) is 9.47 Å². The third-order valence-electron chi connectivity index (χ3n) is 2.97. The van der Waals surface area contributed by atoms with Crippen molar-refractivity contribution in [3.05, 3.63) is 29.3 Å². The van der Waals surface area contributed by atoms with E-state index in [0.717, 1.165) is 17.9 Å². The summed E-state index contributed by atoms with van der Waals surface area (Å²) in [6.45, 7) is 12.6. The van der Waals surface area contributed by atoms with Crippen LogP contribution in [0.15, 0.2) is 18.2 Å². The number of ether oxygens (including phenoxy) is 2. The summed E-state index contributed by atoms with van der Waals surface area (Å²) < 4.78 is 11.4. The van der Waals surface area contributed by atoms with Crippen LogP contribution in [-0.4, -0.2) is 19.3 Å². The van der Waals surface area contributed by atoms with Gasteiger partial charge in [-0.25, -0.2) is 0 Å². The molecule has 0 amide bonds. The second kappa shape index (κ2) is 8.18. The van der Waals surface area contributed by atoms with Crippen molar-refractivity contribution in [1.82, 2.24) is 5.32 Å². The molecule has 0 aliphatic rings. The van der Waals surface area contributed by atoms with Crippen LogP contribution in [-0.2, 0) is 11.3 Å². The first-order valence-electron chi connectivity index (χ1n) is 7.19. The zero-order chi connectivity index (χ0) is 14.3. The van der Waals surface area contributed by atoms with E-state index in [9.17, 15) is 0 Å².